The number of aryl methyl sites for hydroxylation is 1. The number of nitro groups is 1. The molecular formula is C14H11FN2O3. The van der Waals surface area contributed by atoms with Crippen LogP contribution in [0.2, 0.25) is 0 Å². The van der Waals surface area contributed by atoms with Gasteiger partial charge in [0.25, 0.3) is 11.6 Å². The SMILES string of the molecule is Cc1cc(NC(=O)c2cccc(F)c2)ccc1[N+](=O)[O-]. The second kappa shape index (κ2) is 5.48. The Morgan fingerprint density at radius 2 is 2.00 bits per heavy atom. The van der Waals surface area contributed by atoms with Gasteiger partial charge in [0.2, 0.25) is 0 Å². The van der Waals surface area contributed by atoms with Crippen molar-refractivity contribution >= 4 is 17.3 Å². The summed E-state index contributed by atoms with van der Waals surface area (Å²) in [5.41, 5.74) is 1.02. The molecule has 0 fully saturated rings. The molecule has 2 aromatic rings. The largest absolute Gasteiger partial charge is 0.322 e. The van der Waals surface area contributed by atoms with E-state index in [0.717, 1.165) is 6.07 Å². The Labute approximate surface area is 114 Å². The normalized spacial score (nSPS) is 10.1. The van der Waals surface area contributed by atoms with E-state index in [2.05, 4.69) is 5.32 Å². The molecule has 5 nitrogen and oxygen atoms in total. The average molecular weight is 274 g/mol. The van der Waals surface area contributed by atoms with Crippen LogP contribution in [0.15, 0.2) is 42.5 Å². The number of halogens is 1. The highest BCUT2D eigenvalue weighted by molar-refractivity contribution is 6.04. The lowest BCUT2D eigenvalue weighted by Gasteiger charge is -2.06. The van der Waals surface area contributed by atoms with Crippen molar-refractivity contribution in [3.8, 4) is 0 Å². The number of nitrogens with one attached hydrogen (secondary N) is 1. The number of rotatable bonds is 3. The Kier molecular flexibility index (Phi) is 3.74. The van der Waals surface area contributed by atoms with Crippen LogP contribution in [0.25, 0.3) is 0 Å². The van der Waals surface area contributed by atoms with Crippen molar-refractivity contribution in [2.24, 2.45) is 0 Å². The maximum absolute atomic E-state index is 13.0. The smallest absolute Gasteiger partial charge is 0.272 e. The van der Waals surface area contributed by atoms with Crippen LogP contribution < -0.4 is 5.32 Å². The van der Waals surface area contributed by atoms with E-state index < -0.39 is 16.6 Å². The summed E-state index contributed by atoms with van der Waals surface area (Å²) >= 11 is 0. The van der Waals surface area contributed by atoms with Gasteiger partial charge in [-0.1, -0.05) is 6.07 Å². The fourth-order valence-electron chi connectivity index (χ4n) is 1.77. The highest BCUT2D eigenvalue weighted by Crippen LogP contribution is 2.22. The highest BCUT2D eigenvalue weighted by Gasteiger charge is 2.12. The molecule has 0 aliphatic rings. The molecule has 102 valence electrons. The van der Waals surface area contributed by atoms with E-state index in [-0.39, 0.29) is 11.3 Å². The molecule has 0 aliphatic carbocycles. The molecule has 2 rings (SSSR count). The molecule has 0 heterocycles. The monoisotopic (exact) mass is 274 g/mol. The zero-order valence-electron chi connectivity index (χ0n) is 10.6. The summed E-state index contributed by atoms with van der Waals surface area (Å²) in [5, 5.41) is 13.3. The maximum atomic E-state index is 13.0. The first-order valence-corrected chi connectivity index (χ1v) is 5.79. The van der Waals surface area contributed by atoms with Gasteiger partial charge in [-0.2, -0.15) is 0 Å². The van der Waals surface area contributed by atoms with E-state index >= 15 is 0 Å². The molecule has 20 heavy (non-hydrogen) atoms. The molecule has 0 saturated heterocycles. The van der Waals surface area contributed by atoms with Gasteiger partial charge in [-0.05, 0) is 37.3 Å². The topological polar surface area (TPSA) is 72.2 Å². The van der Waals surface area contributed by atoms with Crippen LogP contribution >= 0.6 is 0 Å². The number of amides is 1. The van der Waals surface area contributed by atoms with E-state index in [1.807, 2.05) is 0 Å². The molecule has 6 heteroatoms. The van der Waals surface area contributed by atoms with Gasteiger partial charge >= 0.3 is 0 Å². The summed E-state index contributed by atoms with van der Waals surface area (Å²) in [6.07, 6.45) is 0. The summed E-state index contributed by atoms with van der Waals surface area (Å²) in [4.78, 5) is 22.1. The first kappa shape index (κ1) is 13.7. The molecule has 0 saturated carbocycles. The third kappa shape index (κ3) is 2.97. The van der Waals surface area contributed by atoms with Crippen LogP contribution in [0.5, 0.6) is 0 Å². The van der Waals surface area contributed by atoms with Crippen molar-refractivity contribution in [3.63, 3.8) is 0 Å². The van der Waals surface area contributed by atoms with Crippen molar-refractivity contribution in [2.45, 2.75) is 6.92 Å². The van der Waals surface area contributed by atoms with Gasteiger partial charge in [-0.25, -0.2) is 4.39 Å². The van der Waals surface area contributed by atoms with E-state index in [1.54, 1.807) is 6.92 Å². The Morgan fingerprint density at radius 1 is 1.25 bits per heavy atom. The molecule has 1 N–H and O–H groups in total. The van der Waals surface area contributed by atoms with E-state index in [0.29, 0.717) is 11.3 Å². The first-order valence-electron chi connectivity index (χ1n) is 5.79. The lowest BCUT2D eigenvalue weighted by molar-refractivity contribution is -0.385. The summed E-state index contributed by atoms with van der Waals surface area (Å²) in [7, 11) is 0. The van der Waals surface area contributed by atoms with E-state index in [9.17, 15) is 19.3 Å². The lowest BCUT2D eigenvalue weighted by Crippen LogP contribution is -2.12. The minimum atomic E-state index is -0.502. The third-order valence-electron chi connectivity index (χ3n) is 2.74. The molecule has 0 aliphatic heterocycles. The van der Waals surface area contributed by atoms with Crippen molar-refractivity contribution in [2.75, 3.05) is 5.32 Å². The number of carbonyl (C=O) groups excluding carboxylic acids is 1. The standard InChI is InChI=1S/C14H11FN2O3/c1-9-7-12(5-6-13(9)17(19)20)16-14(18)10-3-2-4-11(15)8-10/h2-8H,1H3,(H,16,18). The number of hydrogen-bond donors (Lipinski definition) is 1. The number of carbonyl (C=O) groups is 1. The van der Waals surface area contributed by atoms with E-state index in [1.165, 1.54) is 36.4 Å². The second-order valence-corrected chi connectivity index (χ2v) is 4.22. The first-order chi connectivity index (χ1) is 9.47. The Morgan fingerprint density at radius 3 is 2.60 bits per heavy atom. The summed E-state index contributed by atoms with van der Waals surface area (Å²) < 4.78 is 13.0. The molecule has 2 aromatic carbocycles. The average Bonchev–Trinajstić information content (AvgIpc) is 2.38. The second-order valence-electron chi connectivity index (χ2n) is 4.22. The lowest BCUT2D eigenvalue weighted by atomic mass is 10.1. The number of benzene rings is 2. The minimum Gasteiger partial charge on any atom is -0.322 e. The molecule has 0 unspecified atom stereocenters. The Hall–Kier alpha value is -2.76. The van der Waals surface area contributed by atoms with Crippen molar-refractivity contribution < 1.29 is 14.1 Å². The number of hydrogen-bond acceptors (Lipinski definition) is 3. The van der Waals surface area contributed by atoms with Crippen LogP contribution in [-0.2, 0) is 0 Å². The fraction of sp³-hybridized carbons (Fsp3) is 0.0714. The molecule has 1 amide bonds. The van der Waals surface area contributed by atoms with Crippen LogP contribution in [0, 0.1) is 22.9 Å². The van der Waals surface area contributed by atoms with Gasteiger partial charge < -0.3 is 5.32 Å². The molecule has 0 spiro atoms. The van der Waals surface area contributed by atoms with E-state index in [4.69, 9.17) is 0 Å². The van der Waals surface area contributed by atoms with Crippen molar-refractivity contribution in [3.05, 3.63) is 69.5 Å². The van der Waals surface area contributed by atoms with Crippen LogP contribution in [0.1, 0.15) is 15.9 Å². The molecule has 0 radical (unpaired) electrons. The molecular weight excluding hydrogens is 263 g/mol. The van der Waals surface area contributed by atoms with Gasteiger partial charge in [-0.15, -0.1) is 0 Å². The number of nitro benzene ring substituents is 1. The van der Waals surface area contributed by atoms with Gasteiger partial charge in [0.05, 0.1) is 4.92 Å². The van der Waals surface area contributed by atoms with Gasteiger partial charge in [0.1, 0.15) is 5.82 Å². The van der Waals surface area contributed by atoms with Crippen LogP contribution in [-0.4, -0.2) is 10.8 Å². The van der Waals surface area contributed by atoms with Crippen molar-refractivity contribution in [1.29, 1.82) is 0 Å². The molecule has 0 aromatic heterocycles. The quantitative estimate of drug-likeness (QED) is 0.689. The molecule has 0 atom stereocenters. The maximum Gasteiger partial charge on any atom is 0.272 e. The zero-order chi connectivity index (χ0) is 14.7. The third-order valence-corrected chi connectivity index (χ3v) is 2.74. The summed E-state index contributed by atoms with van der Waals surface area (Å²) in [6.45, 7) is 1.58. The Balaban J connectivity index is 2.20. The Bertz CT molecular complexity index is 686. The van der Waals surface area contributed by atoms with Gasteiger partial charge in [-0.3, -0.25) is 14.9 Å². The summed E-state index contributed by atoms with van der Waals surface area (Å²) in [6, 6.07) is 9.52. The number of nitrogens with zero attached hydrogens (tertiary/aromatic N) is 1. The van der Waals surface area contributed by atoms with Gasteiger partial charge in [0.15, 0.2) is 0 Å². The molecule has 0 bridgehead atoms. The fourth-order valence-corrected chi connectivity index (χ4v) is 1.77. The van der Waals surface area contributed by atoms with Gasteiger partial charge in [0, 0.05) is 22.9 Å². The number of anilines is 1. The van der Waals surface area contributed by atoms with Crippen LogP contribution in [0.3, 0.4) is 0 Å². The predicted molar refractivity (Wildman–Crippen MR) is 72.2 cm³/mol. The van der Waals surface area contributed by atoms with Crippen molar-refractivity contribution in [1.82, 2.24) is 0 Å². The predicted octanol–water partition coefficient (Wildman–Crippen LogP) is 3.29. The minimum absolute atomic E-state index is 0.0197. The van der Waals surface area contributed by atoms with Crippen LogP contribution in [0.4, 0.5) is 15.8 Å². The zero-order valence-corrected chi connectivity index (χ0v) is 10.6. The summed E-state index contributed by atoms with van der Waals surface area (Å²) in [5.74, 6) is -0.977. The highest BCUT2D eigenvalue weighted by atomic mass is 19.1.